The van der Waals surface area contributed by atoms with E-state index in [-0.39, 0.29) is 0 Å². The van der Waals surface area contributed by atoms with Crippen molar-refractivity contribution < 1.29 is 0 Å². The van der Waals surface area contributed by atoms with Crippen LogP contribution < -0.4 is 5.32 Å². The number of rotatable bonds is 8. The third-order valence-electron chi connectivity index (χ3n) is 9.78. The van der Waals surface area contributed by atoms with E-state index in [1.165, 1.54) is 0 Å². The van der Waals surface area contributed by atoms with Crippen molar-refractivity contribution in [1.82, 2.24) is 20.3 Å². The van der Waals surface area contributed by atoms with Crippen LogP contribution in [0.3, 0.4) is 0 Å². The summed E-state index contributed by atoms with van der Waals surface area (Å²) >= 11 is 0. The Balaban J connectivity index is 1.21. The second-order valence-electron chi connectivity index (χ2n) is 13.3. The number of fused-ring (bicyclic) bond motifs is 1. The largest absolute Gasteiger partial charge is 0.353 e. The number of nitrogens with zero attached hydrogens (tertiary/aromatic N) is 3. The zero-order valence-corrected chi connectivity index (χ0v) is 29.9. The number of nitrogens with one attached hydrogen (secondary N) is 2. The summed E-state index contributed by atoms with van der Waals surface area (Å²) in [5.74, 6) is 1.86. The van der Waals surface area contributed by atoms with Gasteiger partial charge in [-0.3, -0.25) is 5.41 Å². The number of allylic oxidation sites excluding steroid dienone is 1. The fraction of sp³-hybridized carbons (Fsp3) is 0. The van der Waals surface area contributed by atoms with Crippen LogP contribution in [0.5, 0.6) is 0 Å². The smallest absolute Gasteiger partial charge is 0.164 e. The highest BCUT2D eigenvalue weighted by Gasteiger charge is 2.28. The molecule has 0 saturated heterocycles. The molecule has 5 nitrogen and oxygen atoms in total. The Morgan fingerprint density at radius 2 is 0.745 bits per heavy atom. The van der Waals surface area contributed by atoms with Gasteiger partial charge in [0.25, 0.3) is 0 Å². The van der Waals surface area contributed by atoms with Crippen LogP contribution in [0.4, 0.5) is 0 Å². The molecule has 1 aliphatic rings. The van der Waals surface area contributed by atoms with Crippen molar-refractivity contribution >= 4 is 28.3 Å². The molecule has 0 fully saturated rings. The predicted octanol–water partition coefficient (Wildman–Crippen LogP) is 11.3. The monoisotopic (exact) mass is 705 g/mol. The molecule has 5 heteroatoms. The molecule has 8 aromatic rings. The van der Waals surface area contributed by atoms with Gasteiger partial charge in [0.1, 0.15) is 0 Å². The van der Waals surface area contributed by atoms with Gasteiger partial charge < -0.3 is 5.32 Å². The quantitative estimate of drug-likeness (QED) is 0.154. The Morgan fingerprint density at radius 1 is 0.364 bits per heavy atom. The summed E-state index contributed by atoms with van der Waals surface area (Å²) in [7, 11) is 0. The van der Waals surface area contributed by atoms with Crippen molar-refractivity contribution in [3.8, 4) is 34.2 Å². The third kappa shape index (κ3) is 6.67. The van der Waals surface area contributed by atoms with Crippen LogP contribution in [0.1, 0.15) is 33.4 Å². The van der Waals surface area contributed by atoms with Crippen molar-refractivity contribution in [2.75, 3.05) is 0 Å². The molecule has 7 aromatic carbocycles. The van der Waals surface area contributed by atoms with Gasteiger partial charge >= 0.3 is 0 Å². The summed E-state index contributed by atoms with van der Waals surface area (Å²) in [6.45, 7) is 0. The Bertz CT molecular complexity index is 2630. The van der Waals surface area contributed by atoms with Gasteiger partial charge in [-0.25, -0.2) is 15.0 Å². The third-order valence-corrected chi connectivity index (χ3v) is 9.78. The van der Waals surface area contributed by atoms with Gasteiger partial charge in [0.05, 0.1) is 17.1 Å². The molecule has 260 valence electrons. The van der Waals surface area contributed by atoms with Crippen molar-refractivity contribution in [1.29, 1.82) is 5.41 Å². The molecule has 0 aliphatic carbocycles. The van der Waals surface area contributed by atoms with Crippen LogP contribution >= 0.6 is 0 Å². The van der Waals surface area contributed by atoms with Gasteiger partial charge in [0.2, 0.25) is 0 Å². The molecule has 0 radical (unpaired) electrons. The predicted molar refractivity (Wildman–Crippen MR) is 225 cm³/mol. The normalized spacial score (nSPS) is 13.1. The first kappa shape index (κ1) is 33.3. The van der Waals surface area contributed by atoms with Crippen LogP contribution in [-0.2, 0) is 0 Å². The maximum absolute atomic E-state index is 9.60. The molecule has 55 heavy (non-hydrogen) atoms. The average molecular weight is 706 g/mol. The highest BCUT2D eigenvalue weighted by molar-refractivity contribution is 6.36. The van der Waals surface area contributed by atoms with E-state index in [1.807, 2.05) is 115 Å². The van der Waals surface area contributed by atoms with Gasteiger partial charge in [0, 0.05) is 39.0 Å². The first-order chi connectivity index (χ1) is 27.2. The lowest BCUT2D eigenvalue weighted by molar-refractivity contribution is 1.07. The number of aromatic nitrogens is 3. The van der Waals surface area contributed by atoms with E-state index < -0.39 is 0 Å². The number of benzene rings is 7. The number of hydrogen-bond acceptors (Lipinski definition) is 5. The zero-order valence-electron chi connectivity index (χ0n) is 29.9. The Hall–Kier alpha value is -7.50. The fourth-order valence-electron chi connectivity index (χ4n) is 7.12. The minimum atomic E-state index is 0.450. The molecule has 0 atom stereocenters. The SMILES string of the molecule is N=C(/C(=C1\NC(c2ccccc2)=C(c2ccc(-c3nc(-c4ccccc4)nc(-c4ccccc4)n3)cc2)c2ccccc21)c1ccccc1)c1ccccc1. The van der Waals surface area contributed by atoms with Gasteiger partial charge in [-0.2, -0.15) is 0 Å². The van der Waals surface area contributed by atoms with Crippen LogP contribution in [0.25, 0.3) is 56.7 Å². The van der Waals surface area contributed by atoms with Crippen LogP contribution in [-0.4, -0.2) is 20.7 Å². The average Bonchev–Trinajstić information content (AvgIpc) is 3.28. The fourth-order valence-corrected chi connectivity index (χ4v) is 7.12. The van der Waals surface area contributed by atoms with E-state index >= 15 is 0 Å². The summed E-state index contributed by atoms with van der Waals surface area (Å²) in [6.07, 6.45) is 0. The lowest BCUT2D eigenvalue weighted by Gasteiger charge is -2.30. The van der Waals surface area contributed by atoms with E-state index in [4.69, 9.17) is 15.0 Å². The minimum Gasteiger partial charge on any atom is -0.353 e. The molecule has 0 bridgehead atoms. The summed E-state index contributed by atoms with van der Waals surface area (Å²) < 4.78 is 0. The van der Waals surface area contributed by atoms with Crippen molar-refractivity contribution in [3.63, 3.8) is 0 Å². The van der Waals surface area contributed by atoms with Crippen molar-refractivity contribution in [2.45, 2.75) is 0 Å². The van der Waals surface area contributed by atoms with E-state index in [0.29, 0.717) is 23.2 Å². The Labute approximate surface area is 320 Å². The molecule has 1 aromatic heterocycles. The molecule has 2 heterocycles. The molecule has 0 amide bonds. The van der Waals surface area contributed by atoms with Gasteiger partial charge in [-0.15, -0.1) is 0 Å². The van der Waals surface area contributed by atoms with Crippen molar-refractivity contribution in [2.24, 2.45) is 0 Å². The Morgan fingerprint density at radius 3 is 1.25 bits per heavy atom. The highest BCUT2D eigenvalue weighted by Crippen LogP contribution is 2.43. The summed E-state index contributed by atoms with van der Waals surface area (Å²) in [6, 6.07) is 67.7. The maximum Gasteiger partial charge on any atom is 0.164 e. The minimum absolute atomic E-state index is 0.450. The lowest BCUT2D eigenvalue weighted by atomic mass is 9.82. The summed E-state index contributed by atoms with van der Waals surface area (Å²) in [4.78, 5) is 14.8. The van der Waals surface area contributed by atoms with Gasteiger partial charge in [-0.1, -0.05) is 200 Å². The molecule has 2 N–H and O–H groups in total. The van der Waals surface area contributed by atoms with E-state index in [1.54, 1.807) is 0 Å². The van der Waals surface area contributed by atoms with Gasteiger partial charge in [0.15, 0.2) is 17.5 Å². The van der Waals surface area contributed by atoms with E-state index in [9.17, 15) is 5.41 Å². The standard InChI is InChI=1S/C50H35N5/c51-45(36-20-8-2-9-21-36)44(34-18-6-1-7-19-34)47-42-29-17-16-28-41(42)43(46(52-47)37-22-10-3-11-23-37)35-30-32-40(33-31-35)50-54-48(38-24-12-4-13-25-38)53-49(55-50)39-26-14-5-15-27-39/h1-33,51-52H/b47-44-,51-45?. The van der Waals surface area contributed by atoms with Gasteiger partial charge in [-0.05, 0) is 22.3 Å². The second-order valence-corrected chi connectivity index (χ2v) is 13.3. The molecule has 0 saturated carbocycles. The van der Waals surface area contributed by atoms with Crippen LogP contribution in [0.2, 0.25) is 0 Å². The first-order valence-corrected chi connectivity index (χ1v) is 18.3. The molecular weight excluding hydrogens is 671 g/mol. The number of hydrogen-bond donors (Lipinski definition) is 2. The van der Waals surface area contributed by atoms with Crippen molar-refractivity contribution in [3.05, 3.63) is 234 Å². The molecule has 1 aliphatic heterocycles. The Kier molecular flexibility index (Phi) is 9.01. The topological polar surface area (TPSA) is 74.6 Å². The lowest BCUT2D eigenvalue weighted by Crippen LogP contribution is -2.23. The molecule has 0 unspecified atom stereocenters. The summed E-state index contributed by atoms with van der Waals surface area (Å²) in [5, 5.41) is 13.5. The maximum atomic E-state index is 9.60. The molecule has 9 rings (SSSR count). The molecular formula is C50H35N5. The van der Waals surface area contributed by atoms with E-state index in [2.05, 4.69) is 90.2 Å². The van der Waals surface area contributed by atoms with E-state index in [0.717, 1.165) is 72.6 Å². The zero-order chi connectivity index (χ0) is 37.0. The first-order valence-electron chi connectivity index (χ1n) is 18.3. The van der Waals surface area contributed by atoms with Crippen LogP contribution in [0, 0.1) is 5.41 Å². The van der Waals surface area contributed by atoms with Crippen LogP contribution in [0.15, 0.2) is 200 Å². The second kappa shape index (κ2) is 14.9. The summed E-state index contributed by atoms with van der Waals surface area (Å²) in [5.41, 5.74) is 13.0. The highest BCUT2D eigenvalue weighted by atomic mass is 15.0. The molecule has 0 spiro atoms.